The fraction of sp³-hybridized carbons (Fsp3) is 0.545. The number of ether oxygens (including phenoxy) is 1. The van der Waals surface area contributed by atoms with E-state index in [9.17, 15) is 8.78 Å². The van der Waals surface area contributed by atoms with Crippen LogP contribution in [0.2, 0.25) is 0 Å². The highest BCUT2D eigenvalue weighted by Crippen LogP contribution is 2.31. The molecule has 0 saturated carbocycles. The Morgan fingerprint density at radius 1 is 1.56 bits per heavy atom. The standard InChI is InChI=1S/C11H14F2N2O/c1-16-9-3-2-5-14-11(9)15-6-4-8(7-15)10(12)13/h2-3,5,8,10H,4,6-7H2,1H3. The van der Waals surface area contributed by atoms with Crippen LogP contribution in [0.3, 0.4) is 0 Å². The molecule has 1 unspecified atom stereocenters. The Bertz CT molecular complexity index is 360. The molecule has 3 nitrogen and oxygen atoms in total. The third-order valence-corrected chi connectivity index (χ3v) is 2.85. The largest absolute Gasteiger partial charge is 0.493 e. The van der Waals surface area contributed by atoms with E-state index in [0.717, 1.165) is 0 Å². The van der Waals surface area contributed by atoms with Gasteiger partial charge in [0, 0.05) is 25.2 Å². The van der Waals surface area contributed by atoms with Gasteiger partial charge in [-0.1, -0.05) is 0 Å². The minimum atomic E-state index is -2.25. The number of rotatable bonds is 3. The maximum atomic E-state index is 12.5. The zero-order valence-electron chi connectivity index (χ0n) is 9.07. The van der Waals surface area contributed by atoms with Crippen molar-refractivity contribution in [1.29, 1.82) is 0 Å². The van der Waals surface area contributed by atoms with E-state index in [1.807, 2.05) is 4.90 Å². The summed E-state index contributed by atoms with van der Waals surface area (Å²) in [5.41, 5.74) is 0. The lowest BCUT2D eigenvalue weighted by Gasteiger charge is -2.19. The second kappa shape index (κ2) is 4.63. The van der Waals surface area contributed by atoms with Gasteiger partial charge < -0.3 is 9.64 Å². The molecule has 0 amide bonds. The van der Waals surface area contributed by atoms with Crippen LogP contribution in [-0.2, 0) is 0 Å². The summed E-state index contributed by atoms with van der Waals surface area (Å²) in [5.74, 6) is 0.747. The molecule has 88 valence electrons. The second-order valence-corrected chi connectivity index (χ2v) is 3.86. The number of hydrogen-bond acceptors (Lipinski definition) is 3. The predicted molar refractivity (Wildman–Crippen MR) is 57.1 cm³/mol. The van der Waals surface area contributed by atoms with Crippen molar-refractivity contribution in [3.63, 3.8) is 0 Å². The van der Waals surface area contributed by atoms with Crippen molar-refractivity contribution < 1.29 is 13.5 Å². The number of aromatic nitrogens is 1. The molecule has 1 aromatic heterocycles. The topological polar surface area (TPSA) is 25.4 Å². The number of alkyl halides is 2. The van der Waals surface area contributed by atoms with Crippen molar-refractivity contribution >= 4 is 5.82 Å². The number of halogens is 2. The van der Waals surface area contributed by atoms with E-state index in [1.165, 1.54) is 0 Å². The fourth-order valence-electron chi connectivity index (χ4n) is 1.96. The molecule has 2 rings (SSSR count). The molecule has 0 aliphatic carbocycles. The summed E-state index contributed by atoms with van der Waals surface area (Å²) in [4.78, 5) is 6.04. The predicted octanol–water partition coefficient (Wildman–Crippen LogP) is 2.18. The average Bonchev–Trinajstić information content (AvgIpc) is 2.78. The third-order valence-electron chi connectivity index (χ3n) is 2.85. The smallest absolute Gasteiger partial charge is 0.243 e. The first-order valence-corrected chi connectivity index (χ1v) is 5.24. The van der Waals surface area contributed by atoms with Crippen LogP contribution in [0.1, 0.15) is 6.42 Å². The van der Waals surface area contributed by atoms with Crippen molar-refractivity contribution in [3.05, 3.63) is 18.3 Å². The van der Waals surface area contributed by atoms with Crippen molar-refractivity contribution in [3.8, 4) is 5.75 Å². The maximum absolute atomic E-state index is 12.5. The maximum Gasteiger partial charge on any atom is 0.243 e. The second-order valence-electron chi connectivity index (χ2n) is 3.86. The van der Waals surface area contributed by atoms with Gasteiger partial charge in [-0.2, -0.15) is 0 Å². The molecule has 1 aliphatic rings. The molecule has 0 aromatic carbocycles. The van der Waals surface area contributed by atoms with Crippen LogP contribution >= 0.6 is 0 Å². The molecule has 0 spiro atoms. The Kier molecular flexibility index (Phi) is 3.22. The molecule has 5 heteroatoms. The lowest BCUT2D eigenvalue weighted by atomic mass is 10.1. The van der Waals surface area contributed by atoms with E-state index < -0.39 is 12.3 Å². The van der Waals surface area contributed by atoms with Gasteiger partial charge in [-0.3, -0.25) is 0 Å². The van der Waals surface area contributed by atoms with E-state index in [-0.39, 0.29) is 0 Å². The summed E-state index contributed by atoms with van der Waals surface area (Å²) in [5, 5.41) is 0. The van der Waals surface area contributed by atoms with E-state index in [1.54, 1.807) is 25.4 Å². The van der Waals surface area contributed by atoms with Gasteiger partial charge in [0.05, 0.1) is 7.11 Å². The van der Waals surface area contributed by atoms with Gasteiger partial charge >= 0.3 is 0 Å². The van der Waals surface area contributed by atoms with Crippen LogP contribution in [-0.4, -0.2) is 31.6 Å². The summed E-state index contributed by atoms with van der Waals surface area (Å²) in [6.45, 7) is 0.966. The van der Waals surface area contributed by atoms with Gasteiger partial charge in [0.2, 0.25) is 6.43 Å². The Hall–Kier alpha value is -1.39. The number of methoxy groups -OCH3 is 1. The molecular weight excluding hydrogens is 214 g/mol. The molecule has 1 aromatic rings. The summed E-state index contributed by atoms with van der Waals surface area (Å²) >= 11 is 0. The number of nitrogens with zero attached hydrogens (tertiary/aromatic N) is 2. The number of hydrogen-bond donors (Lipinski definition) is 0. The Morgan fingerprint density at radius 3 is 3.00 bits per heavy atom. The monoisotopic (exact) mass is 228 g/mol. The SMILES string of the molecule is COc1cccnc1N1CCC(C(F)F)C1. The van der Waals surface area contributed by atoms with Crippen LogP contribution in [0.5, 0.6) is 5.75 Å². The first kappa shape index (κ1) is 11.1. The van der Waals surface area contributed by atoms with Gasteiger partial charge in [-0.05, 0) is 18.6 Å². The molecule has 1 atom stereocenters. The highest BCUT2D eigenvalue weighted by atomic mass is 19.3. The lowest BCUT2D eigenvalue weighted by Crippen LogP contribution is -2.23. The molecule has 0 N–H and O–H groups in total. The minimum absolute atomic E-state index is 0.352. The quantitative estimate of drug-likeness (QED) is 0.792. The summed E-state index contributed by atoms with van der Waals surface area (Å²) in [6, 6.07) is 3.56. The first-order chi connectivity index (χ1) is 7.72. The highest BCUT2D eigenvalue weighted by Gasteiger charge is 2.31. The summed E-state index contributed by atoms with van der Waals surface area (Å²) < 4.78 is 30.2. The molecule has 1 aliphatic heterocycles. The van der Waals surface area contributed by atoms with Crippen LogP contribution in [0.4, 0.5) is 14.6 Å². The Morgan fingerprint density at radius 2 is 2.38 bits per heavy atom. The highest BCUT2D eigenvalue weighted by molar-refractivity contribution is 5.52. The van der Waals surface area contributed by atoms with E-state index >= 15 is 0 Å². The third kappa shape index (κ3) is 2.08. The Balaban J connectivity index is 2.14. The molecule has 0 bridgehead atoms. The van der Waals surface area contributed by atoms with E-state index in [2.05, 4.69) is 4.98 Å². The Labute approximate surface area is 93.0 Å². The molecule has 1 fully saturated rings. The zero-order valence-corrected chi connectivity index (χ0v) is 9.07. The van der Waals surface area contributed by atoms with Gasteiger partial charge in [-0.25, -0.2) is 13.8 Å². The molecule has 0 radical (unpaired) electrons. The molecule has 2 heterocycles. The van der Waals surface area contributed by atoms with Crippen LogP contribution < -0.4 is 9.64 Å². The van der Waals surface area contributed by atoms with Crippen molar-refractivity contribution in [2.24, 2.45) is 5.92 Å². The number of anilines is 1. The van der Waals surface area contributed by atoms with Crippen molar-refractivity contribution in [1.82, 2.24) is 4.98 Å². The van der Waals surface area contributed by atoms with Crippen LogP contribution in [0.15, 0.2) is 18.3 Å². The van der Waals surface area contributed by atoms with Crippen molar-refractivity contribution in [2.45, 2.75) is 12.8 Å². The molecule has 16 heavy (non-hydrogen) atoms. The minimum Gasteiger partial charge on any atom is -0.493 e. The van der Waals surface area contributed by atoms with Gasteiger partial charge in [0.15, 0.2) is 11.6 Å². The van der Waals surface area contributed by atoms with Crippen molar-refractivity contribution in [2.75, 3.05) is 25.1 Å². The normalized spacial score (nSPS) is 20.5. The van der Waals surface area contributed by atoms with Crippen LogP contribution in [0.25, 0.3) is 0 Å². The first-order valence-electron chi connectivity index (χ1n) is 5.24. The molecular formula is C11H14F2N2O. The van der Waals surface area contributed by atoms with Gasteiger partial charge in [-0.15, -0.1) is 0 Å². The molecule has 1 saturated heterocycles. The summed E-state index contributed by atoms with van der Waals surface area (Å²) in [7, 11) is 1.56. The van der Waals surface area contributed by atoms with Gasteiger partial charge in [0.25, 0.3) is 0 Å². The average molecular weight is 228 g/mol. The van der Waals surface area contributed by atoms with E-state index in [4.69, 9.17) is 4.74 Å². The summed E-state index contributed by atoms with van der Waals surface area (Å²) in [6.07, 6.45) is -0.0926. The fourth-order valence-corrected chi connectivity index (χ4v) is 1.96. The van der Waals surface area contributed by atoms with Crippen LogP contribution in [0, 0.1) is 5.92 Å². The van der Waals surface area contributed by atoms with E-state index in [0.29, 0.717) is 31.1 Å². The number of pyridine rings is 1. The zero-order chi connectivity index (χ0) is 11.5. The lowest BCUT2D eigenvalue weighted by molar-refractivity contribution is 0.0879. The van der Waals surface area contributed by atoms with Gasteiger partial charge in [0.1, 0.15) is 0 Å².